The van der Waals surface area contributed by atoms with Gasteiger partial charge in [0.25, 0.3) is 0 Å². The molecule has 2 N–H and O–H groups in total. The van der Waals surface area contributed by atoms with E-state index in [-0.39, 0.29) is 28.4 Å². The fraction of sp³-hybridized carbons (Fsp3) is 0.263. The van der Waals surface area contributed by atoms with Crippen LogP contribution in [0.5, 0.6) is 0 Å². The number of amides is 1. The first-order valence-electron chi connectivity index (χ1n) is 8.75. The minimum absolute atomic E-state index is 0.123. The van der Waals surface area contributed by atoms with Gasteiger partial charge in [-0.25, -0.2) is 13.6 Å². The number of aromatic carboxylic acids is 1. The van der Waals surface area contributed by atoms with Crippen LogP contribution in [0.25, 0.3) is 0 Å². The van der Waals surface area contributed by atoms with Crippen molar-refractivity contribution in [2.45, 2.75) is 31.6 Å². The summed E-state index contributed by atoms with van der Waals surface area (Å²) in [6.45, 7) is 1.16. The van der Waals surface area contributed by atoms with Crippen molar-refractivity contribution in [3.8, 4) is 0 Å². The van der Waals surface area contributed by atoms with Crippen molar-refractivity contribution in [1.82, 2.24) is 0 Å². The molecule has 1 atom stereocenters. The Morgan fingerprint density at radius 3 is 2.55 bits per heavy atom. The first-order valence-corrected chi connectivity index (χ1v) is 9.78. The number of carboxylic acid groups (broad SMARTS) is 1. The van der Waals surface area contributed by atoms with Crippen LogP contribution in [0, 0.1) is 18.6 Å². The van der Waals surface area contributed by atoms with Crippen LogP contribution < -0.4 is 9.62 Å². The third kappa shape index (κ3) is 2.74. The SMILES string of the molecule is Cc1c(F)ccc(N(c2cc(C(=O)O)c3c(c2)C2(CCC2)C(=O)N3)S(=O)[O-])c1F. The van der Waals surface area contributed by atoms with Gasteiger partial charge in [-0.15, -0.1) is 0 Å². The Morgan fingerprint density at radius 1 is 1.31 bits per heavy atom. The van der Waals surface area contributed by atoms with Crippen LogP contribution in [-0.2, 0) is 21.5 Å². The Balaban J connectivity index is 1.96. The summed E-state index contributed by atoms with van der Waals surface area (Å²) in [5.74, 6) is -3.63. The summed E-state index contributed by atoms with van der Waals surface area (Å²) in [5.41, 5.74) is -1.69. The van der Waals surface area contributed by atoms with Crippen molar-refractivity contribution in [3.63, 3.8) is 0 Å². The maximum Gasteiger partial charge on any atom is 0.337 e. The second kappa shape index (κ2) is 6.60. The predicted molar refractivity (Wildman–Crippen MR) is 99.7 cm³/mol. The third-order valence-electron chi connectivity index (χ3n) is 5.65. The molecule has 2 aromatic carbocycles. The van der Waals surface area contributed by atoms with Crippen molar-refractivity contribution in [2.75, 3.05) is 9.62 Å². The van der Waals surface area contributed by atoms with E-state index in [2.05, 4.69) is 5.32 Å². The molecule has 4 rings (SSSR count). The van der Waals surface area contributed by atoms with Crippen molar-refractivity contribution in [2.24, 2.45) is 0 Å². The van der Waals surface area contributed by atoms with E-state index in [0.717, 1.165) is 31.5 Å². The van der Waals surface area contributed by atoms with Crippen molar-refractivity contribution in [3.05, 3.63) is 52.6 Å². The standard InChI is InChI=1S/C19H16F2N2O5S/c1-9-13(20)3-4-14(15(9)21)23(29(27)28)10-7-11(17(24)25)16-12(8-10)19(5-2-6-19)18(26)22-16/h3-4,7-8H,2,5-6H2,1H3,(H,22,26)(H,24,25)(H,27,28)/p-1. The van der Waals surface area contributed by atoms with Gasteiger partial charge < -0.3 is 15.0 Å². The molecule has 1 aliphatic carbocycles. The Kier molecular flexibility index (Phi) is 4.43. The fourth-order valence-electron chi connectivity index (χ4n) is 3.92. The summed E-state index contributed by atoms with van der Waals surface area (Å²) in [4.78, 5) is 24.3. The zero-order valence-electron chi connectivity index (χ0n) is 15.1. The van der Waals surface area contributed by atoms with E-state index in [0.29, 0.717) is 22.7 Å². The highest BCUT2D eigenvalue weighted by molar-refractivity contribution is 7.81. The molecule has 0 aromatic heterocycles. The first kappa shape index (κ1) is 19.5. The van der Waals surface area contributed by atoms with Gasteiger partial charge in [-0.3, -0.25) is 13.3 Å². The van der Waals surface area contributed by atoms with Crippen LogP contribution in [-0.4, -0.2) is 25.7 Å². The number of nitrogens with one attached hydrogen (secondary N) is 1. The molecule has 1 unspecified atom stereocenters. The van der Waals surface area contributed by atoms with Gasteiger partial charge in [0.1, 0.15) is 5.82 Å². The average Bonchev–Trinajstić information content (AvgIpc) is 2.92. The van der Waals surface area contributed by atoms with E-state index in [1.807, 2.05) is 0 Å². The molecule has 1 fully saturated rings. The molecule has 2 aromatic rings. The molecule has 0 bridgehead atoms. The molecule has 1 spiro atoms. The highest BCUT2D eigenvalue weighted by Gasteiger charge is 2.52. The molecule has 29 heavy (non-hydrogen) atoms. The smallest absolute Gasteiger partial charge is 0.337 e. The average molecular weight is 421 g/mol. The van der Waals surface area contributed by atoms with Crippen LogP contribution >= 0.6 is 0 Å². The number of carboxylic acids is 1. The highest BCUT2D eigenvalue weighted by Crippen LogP contribution is 2.53. The number of hydrogen-bond donors (Lipinski definition) is 2. The van der Waals surface area contributed by atoms with E-state index in [9.17, 15) is 32.2 Å². The topological polar surface area (TPSA) is 110 Å². The first-order chi connectivity index (χ1) is 13.7. The van der Waals surface area contributed by atoms with Crippen LogP contribution in [0.15, 0.2) is 24.3 Å². The van der Waals surface area contributed by atoms with Crippen LogP contribution in [0.2, 0.25) is 0 Å². The number of fused-ring (bicyclic) bond motifs is 2. The minimum Gasteiger partial charge on any atom is -0.755 e. The summed E-state index contributed by atoms with van der Waals surface area (Å²) in [5, 5.41) is 12.2. The number of benzene rings is 2. The number of halogens is 2. The normalized spacial score (nSPS) is 17.4. The molecular weight excluding hydrogens is 406 g/mol. The van der Waals surface area contributed by atoms with Gasteiger partial charge >= 0.3 is 5.97 Å². The largest absolute Gasteiger partial charge is 0.755 e. The van der Waals surface area contributed by atoms with Crippen molar-refractivity contribution >= 4 is 40.2 Å². The molecule has 1 amide bonds. The third-order valence-corrected chi connectivity index (χ3v) is 6.36. The summed E-state index contributed by atoms with van der Waals surface area (Å²) in [7, 11) is 0. The fourth-order valence-corrected chi connectivity index (χ4v) is 4.50. The quantitative estimate of drug-likeness (QED) is 0.737. The van der Waals surface area contributed by atoms with E-state index in [1.165, 1.54) is 6.07 Å². The monoisotopic (exact) mass is 421 g/mol. The van der Waals surface area contributed by atoms with Crippen molar-refractivity contribution < 1.29 is 32.2 Å². The number of rotatable bonds is 4. The lowest BCUT2D eigenvalue weighted by Gasteiger charge is -2.37. The predicted octanol–water partition coefficient (Wildman–Crippen LogP) is 3.28. The van der Waals surface area contributed by atoms with Gasteiger partial charge in [0.05, 0.1) is 39.3 Å². The molecule has 0 radical (unpaired) electrons. The van der Waals surface area contributed by atoms with Gasteiger partial charge in [-0.2, -0.15) is 0 Å². The maximum absolute atomic E-state index is 14.6. The number of carbonyl (C=O) groups excluding carboxylic acids is 1. The number of nitrogens with zero attached hydrogens (tertiary/aromatic N) is 1. The minimum atomic E-state index is -3.04. The van der Waals surface area contributed by atoms with E-state index < -0.39 is 40.0 Å². The Morgan fingerprint density at radius 2 is 2.00 bits per heavy atom. The van der Waals surface area contributed by atoms with Crippen LogP contribution in [0.3, 0.4) is 0 Å². The second-order valence-electron chi connectivity index (χ2n) is 7.13. The molecule has 152 valence electrons. The van der Waals surface area contributed by atoms with Gasteiger partial charge in [-0.1, -0.05) is 6.42 Å². The molecule has 10 heteroatoms. The van der Waals surface area contributed by atoms with Crippen LogP contribution in [0.4, 0.5) is 25.8 Å². The molecule has 1 aliphatic heterocycles. The molecule has 7 nitrogen and oxygen atoms in total. The molecule has 0 saturated heterocycles. The van der Waals surface area contributed by atoms with Crippen molar-refractivity contribution in [1.29, 1.82) is 0 Å². The lowest BCUT2D eigenvalue weighted by atomic mass is 9.65. The zero-order valence-corrected chi connectivity index (χ0v) is 15.9. The summed E-state index contributed by atoms with van der Waals surface area (Å²) in [6.07, 6.45) is 1.76. The summed E-state index contributed by atoms with van der Waals surface area (Å²) < 4.78 is 52.8. The number of carbonyl (C=O) groups is 2. The second-order valence-corrected chi connectivity index (χ2v) is 7.93. The zero-order chi connectivity index (χ0) is 21.1. The lowest BCUT2D eigenvalue weighted by molar-refractivity contribution is -0.123. The van der Waals surface area contributed by atoms with Gasteiger partial charge in [0, 0.05) is 5.56 Å². The molecule has 2 aliphatic rings. The molecule has 1 saturated carbocycles. The molecular formula is C19H15F2N2O5S-. The number of hydrogen-bond acceptors (Lipinski definition) is 4. The number of anilines is 3. The van der Waals surface area contributed by atoms with E-state index in [1.54, 1.807) is 0 Å². The Hall–Kier alpha value is -2.85. The van der Waals surface area contributed by atoms with Crippen LogP contribution in [0.1, 0.15) is 40.7 Å². The van der Waals surface area contributed by atoms with Gasteiger partial charge in [-0.05, 0) is 49.6 Å². The van der Waals surface area contributed by atoms with Gasteiger partial charge in [0.15, 0.2) is 5.82 Å². The maximum atomic E-state index is 14.6. The Bertz CT molecular complexity index is 1100. The van der Waals surface area contributed by atoms with E-state index in [4.69, 9.17) is 0 Å². The molecule has 1 heterocycles. The lowest BCUT2D eigenvalue weighted by Crippen LogP contribution is -2.40. The van der Waals surface area contributed by atoms with Gasteiger partial charge in [0.2, 0.25) is 5.91 Å². The Labute approximate surface area is 166 Å². The summed E-state index contributed by atoms with van der Waals surface area (Å²) >= 11 is -3.04. The van der Waals surface area contributed by atoms with E-state index >= 15 is 0 Å². The summed E-state index contributed by atoms with van der Waals surface area (Å²) in [6, 6.07) is 4.32. The highest BCUT2D eigenvalue weighted by atomic mass is 32.2.